The molecule has 14 nitrogen and oxygen atoms in total. The number of carbonyl (C=O) groups is 3. The van der Waals surface area contributed by atoms with Gasteiger partial charge in [0.2, 0.25) is 0 Å². The van der Waals surface area contributed by atoms with E-state index in [9.17, 15) is 27.6 Å². The molecule has 6 aromatic heterocycles. The molecule has 1 aromatic carbocycles. The van der Waals surface area contributed by atoms with Gasteiger partial charge in [-0.3, -0.25) is 39.6 Å². The number of hydrogen-bond acceptors (Lipinski definition) is 15. The second kappa shape index (κ2) is 23.7. The van der Waals surface area contributed by atoms with Crippen molar-refractivity contribution in [1.82, 2.24) is 19.9 Å². The third kappa shape index (κ3) is 13.7. The zero-order chi connectivity index (χ0) is 44.5. The number of thiophene rings is 2. The molecular formula is C42H27F3N8O6RuS3. The zero-order valence-corrected chi connectivity index (χ0v) is 36.0. The van der Waals surface area contributed by atoms with E-state index in [0.717, 1.165) is 26.8 Å². The Morgan fingerprint density at radius 3 is 1.65 bits per heavy atom. The van der Waals surface area contributed by atoms with Crippen molar-refractivity contribution in [2.45, 2.75) is 6.18 Å². The minimum Gasteiger partial charge on any atom is -0.753 e. The van der Waals surface area contributed by atoms with E-state index in [0.29, 0.717) is 41.8 Å². The van der Waals surface area contributed by atoms with E-state index in [4.69, 9.17) is 30.8 Å². The Labute approximate surface area is 382 Å². The maximum absolute atomic E-state index is 12.6. The fraction of sp³-hybridized carbons (Fsp3) is 0.0238. The van der Waals surface area contributed by atoms with E-state index in [-0.39, 0.29) is 48.9 Å². The third-order valence-electron chi connectivity index (χ3n) is 7.88. The van der Waals surface area contributed by atoms with Crippen LogP contribution in [0.1, 0.15) is 5.69 Å². The van der Waals surface area contributed by atoms with Gasteiger partial charge in [0.1, 0.15) is 33.0 Å². The summed E-state index contributed by atoms with van der Waals surface area (Å²) >= 11 is 6.97. The van der Waals surface area contributed by atoms with Crippen molar-refractivity contribution in [3.63, 3.8) is 0 Å². The number of benzene rings is 1. The molecule has 0 radical (unpaired) electrons. The summed E-state index contributed by atoms with van der Waals surface area (Å²) in [6, 6.07) is 28.2. The number of aromatic nitrogens is 4. The Hall–Kier alpha value is -7.15. The van der Waals surface area contributed by atoms with Crippen LogP contribution in [0.4, 0.5) is 28.9 Å². The topological polar surface area (TPSA) is 204 Å². The molecule has 0 saturated heterocycles. The second-order valence-electron chi connectivity index (χ2n) is 11.7. The van der Waals surface area contributed by atoms with Crippen LogP contribution >= 0.6 is 34.9 Å². The number of rotatable bonds is 14. The van der Waals surface area contributed by atoms with E-state index in [1.807, 2.05) is 59.3 Å². The van der Waals surface area contributed by atoms with Crippen molar-refractivity contribution in [2.75, 3.05) is 4.90 Å². The molecule has 21 heteroatoms. The first-order valence-corrected chi connectivity index (χ1v) is 19.4. The van der Waals surface area contributed by atoms with Crippen LogP contribution in [0.5, 0.6) is 17.2 Å². The quantitative estimate of drug-likeness (QED) is 0.0468. The molecule has 0 unspecified atom stereocenters. The molecule has 2 N–H and O–H groups in total. The summed E-state index contributed by atoms with van der Waals surface area (Å²) in [6.45, 7) is 0.875. The average Bonchev–Trinajstić information content (AvgIpc) is 4.01. The molecule has 0 amide bonds. The van der Waals surface area contributed by atoms with E-state index < -0.39 is 17.6 Å². The minimum absolute atomic E-state index is 0. The van der Waals surface area contributed by atoms with E-state index in [1.165, 1.54) is 60.1 Å². The fourth-order valence-corrected chi connectivity index (χ4v) is 6.85. The summed E-state index contributed by atoms with van der Waals surface area (Å²) < 4.78 is 52.3. The summed E-state index contributed by atoms with van der Waals surface area (Å²) in [6.07, 6.45) is 0.00674. The summed E-state index contributed by atoms with van der Waals surface area (Å²) in [5.74, 6) is 0.760. The molecular weight excluding hydrogens is 967 g/mol. The Morgan fingerprint density at radius 1 is 0.714 bits per heavy atom. The number of nitrogens with zero attached hydrogens (tertiary/aromatic N) is 6. The van der Waals surface area contributed by atoms with Crippen LogP contribution in [-0.4, -0.2) is 56.4 Å². The predicted molar refractivity (Wildman–Crippen MR) is 233 cm³/mol. The first kappa shape index (κ1) is 48.5. The molecule has 0 aliphatic heterocycles. The zero-order valence-electron chi connectivity index (χ0n) is 31.8. The molecule has 7 aromatic rings. The molecule has 7 rings (SSSR count). The summed E-state index contributed by atoms with van der Waals surface area (Å²) in [7, 11) is 0. The van der Waals surface area contributed by atoms with Gasteiger partial charge in [-0.05, 0) is 88.6 Å². The van der Waals surface area contributed by atoms with Crippen molar-refractivity contribution in [3.8, 4) is 51.2 Å². The van der Waals surface area contributed by atoms with Crippen molar-refractivity contribution >= 4 is 86.6 Å². The molecule has 0 spiro atoms. The maximum Gasteiger partial charge on any atom is 2.00 e. The molecule has 63 heavy (non-hydrogen) atoms. The molecule has 0 bridgehead atoms. The van der Waals surface area contributed by atoms with Crippen LogP contribution < -0.4 is 19.1 Å². The molecule has 318 valence electrons. The number of nitrogens with one attached hydrogen (secondary N) is 2. The number of alkyl halides is 3. The number of halogens is 3. The van der Waals surface area contributed by atoms with Gasteiger partial charge in [0.25, 0.3) is 19.4 Å². The maximum atomic E-state index is 12.6. The van der Waals surface area contributed by atoms with Crippen LogP contribution in [0, 0.1) is 5.41 Å². The smallest absolute Gasteiger partial charge is 0.753 e. The van der Waals surface area contributed by atoms with E-state index in [1.54, 1.807) is 34.8 Å². The van der Waals surface area contributed by atoms with E-state index >= 15 is 0 Å². The Bertz CT molecular complexity index is 2600. The number of anilines is 3. The van der Waals surface area contributed by atoms with Crippen molar-refractivity contribution in [3.05, 3.63) is 149 Å². The van der Waals surface area contributed by atoms with Gasteiger partial charge in [-0.25, -0.2) is 4.98 Å². The number of hydrogen-bond donors (Lipinski definition) is 1. The Morgan fingerprint density at radius 2 is 1.19 bits per heavy atom. The largest absolute Gasteiger partial charge is 2.00 e. The number of allylic oxidation sites excluding steroid dienone is 1. The molecule has 0 aliphatic carbocycles. The SMILES string of the molecule is N=C(/C=C(\[NH-])c1cc(-c2ccc(N(c3cccs3)c3cccs3)cc2)ccn1)C(F)(F)F.O=COc1ccnc(-c2cc(OC=O)cc(-c3cc(OC=O)ccn3)n2)c1.[N-]=C=S.[Ru+2]. The van der Waals surface area contributed by atoms with Gasteiger partial charge < -0.3 is 25.4 Å². The molecule has 0 aliphatic rings. The summed E-state index contributed by atoms with van der Waals surface area (Å²) in [5.41, 5.74) is 9.91. The standard InChI is InChI=1S/C23H16F3N4S2.C18H11N3O6.CNS.Ru/c24-23(25,26)20(28)14-18(27)19-13-16(9-10-29-19)15-5-7-17(8-6-15)30(21-3-1-11-31-21)22-4-2-12-32-22;22-9-25-12-1-3-19-15(5-12)17-7-14(27-11-24)8-18(21-17)16-6-13(26-10-23)2-4-20-16;2-1-3;/h1-14,27-28H;1-11H;;/q-1;;-1;+2/b18-14-,28-20?;;;. The van der Waals surface area contributed by atoms with Crippen LogP contribution in [0.2, 0.25) is 0 Å². The number of pyridine rings is 4. The van der Waals surface area contributed by atoms with Gasteiger partial charge >= 0.3 is 25.7 Å². The van der Waals surface area contributed by atoms with Crippen LogP contribution in [0.25, 0.3) is 50.7 Å². The van der Waals surface area contributed by atoms with Crippen molar-refractivity contribution < 1.29 is 61.2 Å². The van der Waals surface area contributed by atoms with Gasteiger partial charge in [-0.2, -0.15) is 18.3 Å². The van der Waals surface area contributed by atoms with E-state index in [2.05, 4.69) is 37.1 Å². The van der Waals surface area contributed by atoms with Crippen molar-refractivity contribution in [1.29, 1.82) is 5.41 Å². The van der Waals surface area contributed by atoms with Crippen molar-refractivity contribution in [2.24, 2.45) is 0 Å². The van der Waals surface area contributed by atoms with Gasteiger partial charge in [-0.1, -0.05) is 24.4 Å². The molecule has 0 fully saturated rings. The molecule has 0 saturated carbocycles. The number of isothiocyanates is 1. The molecule has 0 atom stereocenters. The van der Waals surface area contributed by atoms with Gasteiger partial charge in [-0.15, -0.1) is 28.4 Å². The van der Waals surface area contributed by atoms with Crippen LogP contribution in [0.3, 0.4) is 0 Å². The normalized spacial score (nSPS) is 10.5. The predicted octanol–water partition coefficient (Wildman–Crippen LogP) is 10.8. The second-order valence-corrected chi connectivity index (χ2v) is 13.8. The Balaban J connectivity index is 0.000000260. The Kier molecular flexibility index (Phi) is 18.3. The number of carbonyl (C=O) groups excluding carboxylic acids is 3. The molecule has 6 heterocycles. The fourth-order valence-electron chi connectivity index (χ4n) is 5.27. The number of ether oxygens (including phenoxy) is 3. The van der Waals surface area contributed by atoms with Crippen LogP contribution in [0.15, 0.2) is 132 Å². The minimum atomic E-state index is -4.79. The average molecular weight is 994 g/mol. The summed E-state index contributed by atoms with van der Waals surface area (Å²) in [5, 5.41) is 21.7. The third-order valence-corrected chi connectivity index (χ3v) is 9.59. The van der Waals surface area contributed by atoms with Gasteiger partial charge in [0, 0.05) is 54.2 Å². The van der Waals surface area contributed by atoms with Crippen LogP contribution in [-0.2, 0) is 33.9 Å². The monoisotopic (exact) mass is 994 g/mol. The van der Waals surface area contributed by atoms with Gasteiger partial charge in [0.15, 0.2) is 0 Å². The first-order valence-electron chi connectivity index (χ1n) is 17.3. The summed E-state index contributed by atoms with van der Waals surface area (Å²) in [4.78, 5) is 50.8. The first-order chi connectivity index (χ1) is 30.0. The number of thiocarbonyl (C=S) groups is 1. The van der Waals surface area contributed by atoms with Gasteiger partial charge in [0.05, 0.1) is 22.8 Å².